The van der Waals surface area contributed by atoms with Crippen LogP contribution in [-0.4, -0.2) is 43.2 Å². The molecule has 0 aliphatic heterocycles. The number of anilines is 1. The van der Waals surface area contributed by atoms with Crippen LogP contribution in [0.3, 0.4) is 0 Å². The van der Waals surface area contributed by atoms with Gasteiger partial charge in [0.05, 0.1) is 9.82 Å². The SMILES string of the molecule is CCN(CC)S(=O)(=O)c1ccc(OCC(=O)Nc2cc(C)cc(C)c2)c([N+](=O)[O-])c1. The van der Waals surface area contributed by atoms with Crippen LogP contribution in [0.15, 0.2) is 41.3 Å². The first-order valence-electron chi connectivity index (χ1n) is 9.38. The predicted molar refractivity (Wildman–Crippen MR) is 113 cm³/mol. The number of hydrogen-bond acceptors (Lipinski definition) is 6. The van der Waals surface area contributed by atoms with Crippen LogP contribution in [0.2, 0.25) is 0 Å². The van der Waals surface area contributed by atoms with E-state index in [0.717, 1.165) is 17.2 Å². The number of sulfonamides is 1. The Labute approximate surface area is 175 Å². The number of benzene rings is 2. The van der Waals surface area contributed by atoms with Crippen molar-refractivity contribution in [2.45, 2.75) is 32.6 Å². The van der Waals surface area contributed by atoms with E-state index in [9.17, 15) is 23.3 Å². The molecule has 1 amide bonds. The molecule has 162 valence electrons. The van der Waals surface area contributed by atoms with Gasteiger partial charge in [-0.1, -0.05) is 19.9 Å². The lowest BCUT2D eigenvalue weighted by atomic mass is 10.1. The zero-order valence-electron chi connectivity index (χ0n) is 17.3. The Morgan fingerprint density at radius 2 is 1.70 bits per heavy atom. The number of carbonyl (C=O) groups is 1. The predicted octanol–water partition coefficient (Wildman–Crippen LogP) is 3.26. The molecule has 0 fully saturated rings. The van der Waals surface area contributed by atoms with Crippen LogP contribution in [0.5, 0.6) is 5.75 Å². The molecule has 10 heteroatoms. The molecule has 2 rings (SSSR count). The van der Waals surface area contributed by atoms with Gasteiger partial charge in [0.1, 0.15) is 0 Å². The topological polar surface area (TPSA) is 119 Å². The number of hydrogen-bond donors (Lipinski definition) is 1. The third-order valence-corrected chi connectivity index (χ3v) is 6.38. The van der Waals surface area contributed by atoms with Gasteiger partial charge < -0.3 is 10.1 Å². The largest absolute Gasteiger partial charge is 0.477 e. The van der Waals surface area contributed by atoms with Crippen molar-refractivity contribution in [3.05, 3.63) is 57.6 Å². The van der Waals surface area contributed by atoms with Crippen molar-refractivity contribution < 1.29 is 22.9 Å². The highest BCUT2D eigenvalue weighted by Gasteiger charge is 2.26. The molecular weight excluding hydrogens is 410 g/mol. The van der Waals surface area contributed by atoms with E-state index in [4.69, 9.17) is 4.74 Å². The number of aryl methyl sites for hydroxylation is 2. The molecule has 0 aromatic heterocycles. The van der Waals surface area contributed by atoms with E-state index in [1.807, 2.05) is 19.9 Å². The molecule has 0 spiro atoms. The Bertz CT molecular complexity index is 1030. The van der Waals surface area contributed by atoms with Gasteiger partial charge in [0.25, 0.3) is 5.91 Å². The molecule has 0 atom stereocenters. The summed E-state index contributed by atoms with van der Waals surface area (Å²) in [6.07, 6.45) is 0. The highest BCUT2D eigenvalue weighted by atomic mass is 32.2. The standard InChI is InChI=1S/C20H25N3O6S/c1-5-22(6-2)30(27,28)17-7-8-19(18(12-17)23(25)26)29-13-20(24)21-16-10-14(3)9-15(4)11-16/h7-12H,5-6,13H2,1-4H3,(H,21,24). The lowest BCUT2D eigenvalue weighted by Crippen LogP contribution is -2.30. The maximum Gasteiger partial charge on any atom is 0.312 e. The Balaban J connectivity index is 2.19. The molecule has 0 unspecified atom stereocenters. The molecule has 0 saturated heterocycles. The van der Waals surface area contributed by atoms with Crippen LogP contribution in [-0.2, 0) is 14.8 Å². The minimum Gasteiger partial charge on any atom is -0.477 e. The van der Waals surface area contributed by atoms with Gasteiger partial charge in [-0.3, -0.25) is 14.9 Å². The molecule has 0 saturated carbocycles. The molecule has 0 heterocycles. The Morgan fingerprint density at radius 1 is 1.10 bits per heavy atom. The molecule has 0 aliphatic rings. The van der Waals surface area contributed by atoms with Gasteiger partial charge in [-0.15, -0.1) is 0 Å². The zero-order chi connectivity index (χ0) is 22.5. The van der Waals surface area contributed by atoms with Gasteiger partial charge in [0.15, 0.2) is 12.4 Å². The minimum absolute atomic E-state index is 0.186. The number of ether oxygens (including phenoxy) is 1. The van der Waals surface area contributed by atoms with Crippen LogP contribution < -0.4 is 10.1 Å². The Morgan fingerprint density at radius 3 is 2.23 bits per heavy atom. The molecule has 0 radical (unpaired) electrons. The minimum atomic E-state index is -3.86. The molecule has 2 aromatic rings. The van der Waals surface area contributed by atoms with Crippen molar-refractivity contribution in [3.63, 3.8) is 0 Å². The fourth-order valence-corrected chi connectivity index (χ4v) is 4.50. The van der Waals surface area contributed by atoms with E-state index in [-0.39, 0.29) is 23.7 Å². The van der Waals surface area contributed by atoms with E-state index < -0.39 is 33.1 Å². The molecule has 9 nitrogen and oxygen atoms in total. The van der Waals surface area contributed by atoms with Crippen LogP contribution in [0.4, 0.5) is 11.4 Å². The van der Waals surface area contributed by atoms with Crippen molar-refractivity contribution in [3.8, 4) is 5.75 Å². The first-order valence-corrected chi connectivity index (χ1v) is 10.8. The van der Waals surface area contributed by atoms with Gasteiger partial charge in [0.2, 0.25) is 10.0 Å². The summed E-state index contributed by atoms with van der Waals surface area (Å²) in [6.45, 7) is 7.18. The van der Waals surface area contributed by atoms with Crippen molar-refractivity contribution in [2.75, 3.05) is 25.0 Å². The molecular formula is C20H25N3O6S. The summed E-state index contributed by atoms with van der Waals surface area (Å²) in [7, 11) is -3.86. The van der Waals surface area contributed by atoms with Gasteiger partial charge >= 0.3 is 5.69 Å². The number of rotatable bonds is 9. The number of nitrogens with one attached hydrogen (secondary N) is 1. The fourth-order valence-electron chi connectivity index (χ4n) is 3.02. The molecule has 0 bridgehead atoms. The van der Waals surface area contributed by atoms with Gasteiger partial charge in [-0.25, -0.2) is 8.42 Å². The number of amides is 1. The smallest absolute Gasteiger partial charge is 0.312 e. The average Bonchev–Trinajstić information content (AvgIpc) is 2.66. The fraction of sp³-hybridized carbons (Fsp3) is 0.350. The second kappa shape index (κ2) is 9.68. The van der Waals surface area contributed by atoms with Gasteiger partial charge in [-0.2, -0.15) is 4.31 Å². The second-order valence-corrected chi connectivity index (χ2v) is 8.63. The van der Waals surface area contributed by atoms with Crippen LogP contribution in [0.25, 0.3) is 0 Å². The summed E-state index contributed by atoms with van der Waals surface area (Å²) in [5.74, 6) is -0.678. The van der Waals surface area contributed by atoms with Crippen molar-refractivity contribution in [2.24, 2.45) is 0 Å². The number of nitrogens with zero attached hydrogens (tertiary/aromatic N) is 2. The van der Waals surface area contributed by atoms with E-state index in [0.29, 0.717) is 5.69 Å². The van der Waals surface area contributed by atoms with Crippen LogP contribution in [0.1, 0.15) is 25.0 Å². The maximum absolute atomic E-state index is 12.6. The van der Waals surface area contributed by atoms with E-state index in [1.165, 1.54) is 16.4 Å². The summed E-state index contributed by atoms with van der Waals surface area (Å²) in [5, 5.41) is 14.1. The molecule has 0 aliphatic carbocycles. The van der Waals surface area contributed by atoms with Crippen LogP contribution >= 0.6 is 0 Å². The van der Waals surface area contributed by atoms with Crippen molar-refractivity contribution in [1.29, 1.82) is 0 Å². The van der Waals surface area contributed by atoms with E-state index in [2.05, 4.69) is 5.32 Å². The number of nitro benzene ring substituents is 1. The third-order valence-electron chi connectivity index (χ3n) is 4.33. The summed E-state index contributed by atoms with van der Waals surface area (Å²) >= 11 is 0. The first kappa shape index (κ1) is 23.3. The van der Waals surface area contributed by atoms with Gasteiger partial charge in [-0.05, 0) is 49.2 Å². The first-order chi connectivity index (χ1) is 14.1. The Kier molecular flexibility index (Phi) is 7.52. The average molecular weight is 436 g/mol. The number of carbonyl (C=O) groups excluding carboxylic acids is 1. The highest BCUT2D eigenvalue weighted by molar-refractivity contribution is 7.89. The summed E-state index contributed by atoms with van der Waals surface area (Å²) in [6, 6.07) is 8.92. The Hall–Kier alpha value is -2.98. The monoisotopic (exact) mass is 435 g/mol. The van der Waals surface area contributed by atoms with Crippen molar-refractivity contribution >= 4 is 27.3 Å². The lowest BCUT2D eigenvalue weighted by Gasteiger charge is -2.18. The summed E-state index contributed by atoms with van der Waals surface area (Å²) in [4.78, 5) is 22.7. The lowest BCUT2D eigenvalue weighted by molar-refractivity contribution is -0.386. The van der Waals surface area contributed by atoms with E-state index in [1.54, 1.807) is 26.0 Å². The van der Waals surface area contributed by atoms with E-state index >= 15 is 0 Å². The quantitative estimate of drug-likeness (QED) is 0.477. The molecule has 2 aromatic carbocycles. The third kappa shape index (κ3) is 5.55. The molecule has 30 heavy (non-hydrogen) atoms. The summed E-state index contributed by atoms with van der Waals surface area (Å²) in [5.41, 5.74) is 2.03. The maximum atomic E-state index is 12.6. The van der Waals surface area contributed by atoms with Crippen molar-refractivity contribution in [1.82, 2.24) is 4.31 Å². The summed E-state index contributed by atoms with van der Waals surface area (Å²) < 4.78 is 31.7. The highest BCUT2D eigenvalue weighted by Crippen LogP contribution is 2.31. The molecule has 1 N–H and O–H groups in total. The van der Waals surface area contributed by atoms with Gasteiger partial charge in [0, 0.05) is 24.8 Å². The normalized spacial score (nSPS) is 11.4. The van der Waals surface area contributed by atoms with Crippen LogP contribution in [0, 0.1) is 24.0 Å². The zero-order valence-corrected chi connectivity index (χ0v) is 18.2. The number of nitro groups is 1. The second-order valence-electron chi connectivity index (χ2n) is 6.69.